The molecule has 0 saturated carbocycles. The third kappa shape index (κ3) is 10.9. The van der Waals surface area contributed by atoms with E-state index in [1.165, 1.54) is 11.1 Å². The fourth-order valence-electron chi connectivity index (χ4n) is 5.64. The van der Waals surface area contributed by atoms with Crippen LogP contribution in [0.3, 0.4) is 0 Å². The van der Waals surface area contributed by atoms with E-state index in [1.807, 2.05) is 77.8 Å². The van der Waals surface area contributed by atoms with Crippen LogP contribution in [0.4, 0.5) is 11.4 Å². The van der Waals surface area contributed by atoms with Gasteiger partial charge in [0.15, 0.2) is 0 Å². The molecule has 0 atom stereocenters. The van der Waals surface area contributed by atoms with E-state index in [9.17, 15) is 0 Å². The number of ether oxygens (including phenoxy) is 2. The molecule has 6 heteroatoms. The summed E-state index contributed by atoms with van der Waals surface area (Å²) in [5.41, 5.74) is 8.90. The van der Waals surface area contributed by atoms with Crippen LogP contribution in [-0.2, 0) is 13.1 Å². The topological polar surface area (TPSA) is 49.7 Å². The van der Waals surface area contributed by atoms with Crippen molar-refractivity contribution in [3.05, 3.63) is 192 Å². The fourth-order valence-corrected chi connectivity index (χ4v) is 5.64. The fraction of sp³-hybridized carbons (Fsp3) is 0.174. The Kier molecular flexibility index (Phi) is 14.2. The van der Waals surface area contributed by atoms with Crippen molar-refractivity contribution in [1.29, 1.82) is 0 Å². The van der Waals surface area contributed by atoms with Gasteiger partial charge in [0.05, 0.1) is 50.1 Å². The summed E-state index contributed by atoms with van der Waals surface area (Å²) in [4.78, 5) is 0. The molecule has 0 unspecified atom stereocenters. The number of anilines is 2. The lowest BCUT2D eigenvalue weighted by Gasteiger charge is -2.21. The van der Waals surface area contributed by atoms with Crippen molar-refractivity contribution in [2.45, 2.75) is 39.8 Å². The molecule has 0 amide bonds. The summed E-state index contributed by atoms with van der Waals surface area (Å²) >= 11 is 0. The first-order valence-electron chi connectivity index (χ1n) is 17.8. The standard InChI is InChI=1S/C24H26N2O.C22H22N2O/c1-3-24(22-14-16-23(27-2)17-15-22)25-26(18-20-10-6-4-7-11-20)19-21-12-8-5-9-13-21;1-3-22(18-14-16-21(25-2)17-15-18)23-24(19-10-6-4-7-11-19)20-12-8-5-9-13-20/h4-17H,3,18-19H2,1-2H3;4-17H,3H2,1-2H3. The van der Waals surface area contributed by atoms with Crippen molar-refractivity contribution in [1.82, 2.24) is 5.01 Å². The number of hydrogen-bond acceptors (Lipinski definition) is 6. The molecule has 52 heavy (non-hydrogen) atoms. The summed E-state index contributed by atoms with van der Waals surface area (Å²) in [5, 5.41) is 14.1. The Bertz CT molecular complexity index is 1870. The highest BCUT2D eigenvalue weighted by Crippen LogP contribution is 2.26. The Labute approximate surface area is 309 Å². The van der Waals surface area contributed by atoms with E-state index in [0.717, 1.165) is 71.4 Å². The van der Waals surface area contributed by atoms with Gasteiger partial charge in [0.25, 0.3) is 0 Å². The number of para-hydroxylation sites is 2. The minimum absolute atomic E-state index is 0.773. The van der Waals surface area contributed by atoms with Crippen molar-refractivity contribution < 1.29 is 9.47 Å². The van der Waals surface area contributed by atoms with Crippen LogP contribution >= 0.6 is 0 Å². The maximum Gasteiger partial charge on any atom is 0.118 e. The molecule has 0 heterocycles. The average Bonchev–Trinajstić information content (AvgIpc) is 3.22. The number of benzene rings is 6. The van der Waals surface area contributed by atoms with Gasteiger partial charge in [-0.05, 0) is 108 Å². The molecule has 0 spiro atoms. The molecule has 6 aromatic rings. The first-order chi connectivity index (χ1) is 25.6. The third-order valence-corrected chi connectivity index (χ3v) is 8.42. The number of rotatable bonds is 14. The van der Waals surface area contributed by atoms with Gasteiger partial charge in [-0.2, -0.15) is 10.2 Å². The maximum atomic E-state index is 5.27. The van der Waals surface area contributed by atoms with E-state index in [1.54, 1.807) is 14.2 Å². The van der Waals surface area contributed by atoms with Gasteiger partial charge in [-0.15, -0.1) is 0 Å². The van der Waals surface area contributed by atoms with Gasteiger partial charge in [0.2, 0.25) is 0 Å². The second-order valence-corrected chi connectivity index (χ2v) is 12.0. The van der Waals surface area contributed by atoms with Gasteiger partial charge < -0.3 is 9.47 Å². The molecule has 6 rings (SSSR count). The van der Waals surface area contributed by atoms with Crippen molar-refractivity contribution >= 4 is 22.8 Å². The van der Waals surface area contributed by atoms with Crippen molar-refractivity contribution in [2.75, 3.05) is 19.2 Å². The summed E-state index contributed by atoms with van der Waals surface area (Å²) < 4.78 is 10.5. The van der Waals surface area contributed by atoms with Crippen molar-refractivity contribution in [3.63, 3.8) is 0 Å². The maximum absolute atomic E-state index is 5.27. The van der Waals surface area contributed by atoms with Gasteiger partial charge in [-0.3, -0.25) is 5.01 Å². The smallest absolute Gasteiger partial charge is 0.118 e. The molecule has 0 N–H and O–H groups in total. The van der Waals surface area contributed by atoms with E-state index in [4.69, 9.17) is 19.7 Å². The molecule has 264 valence electrons. The molecule has 0 aromatic heterocycles. The normalized spacial score (nSPS) is 11.2. The van der Waals surface area contributed by atoms with Gasteiger partial charge in [0.1, 0.15) is 11.5 Å². The lowest BCUT2D eigenvalue weighted by atomic mass is 10.1. The highest BCUT2D eigenvalue weighted by Gasteiger charge is 2.11. The molecule has 0 aliphatic rings. The zero-order chi connectivity index (χ0) is 36.4. The van der Waals surface area contributed by atoms with E-state index in [0.29, 0.717) is 0 Å². The summed E-state index contributed by atoms with van der Waals surface area (Å²) in [6, 6.07) is 57.5. The van der Waals surface area contributed by atoms with Gasteiger partial charge in [-0.1, -0.05) is 111 Å². The lowest BCUT2D eigenvalue weighted by Crippen LogP contribution is -2.19. The van der Waals surface area contributed by atoms with Crippen LogP contribution in [0.2, 0.25) is 0 Å². The predicted molar refractivity (Wildman–Crippen MR) is 217 cm³/mol. The highest BCUT2D eigenvalue weighted by molar-refractivity contribution is 6.01. The predicted octanol–water partition coefficient (Wildman–Crippen LogP) is 11.2. The molecular formula is C46H48N4O2. The summed E-state index contributed by atoms with van der Waals surface area (Å²) in [6.07, 6.45) is 1.70. The molecule has 0 fully saturated rings. The molecular weight excluding hydrogens is 641 g/mol. The highest BCUT2D eigenvalue weighted by atomic mass is 16.5. The van der Waals surface area contributed by atoms with Crippen LogP contribution in [0.15, 0.2) is 180 Å². The van der Waals surface area contributed by atoms with Crippen molar-refractivity contribution in [2.24, 2.45) is 10.2 Å². The number of methoxy groups -OCH3 is 2. The third-order valence-electron chi connectivity index (χ3n) is 8.42. The zero-order valence-electron chi connectivity index (χ0n) is 30.6. The van der Waals surface area contributed by atoms with Crippen LogP contribution < -0.4 is 14.5 Å². The lowest BCUT2D eigenvalue weighted by molar-refractivity contribution is 0.270. The Morgan fingerprint density at radius 2 is 0.788 bits per heavy atom. The molecule has 0 radical (unpaired) electrons. The van der Waals surface area contributed by atoms with Crippen LogP contribution in [0, 0.1) is 0 Å². The van der Waals surface area contributed by atoms with Gasteiger partial charge in [0, 0.05) is 0 Å². The molecule has 0 aliphatic carbocycles. The second kappa shape index (κ2) is 19.9. The van der Waals surface area contributed by atoms with E-state index in [-0.39, 0.29) is 0 Å². The molecule has 0 aliphatic heterocycles. The monoisotopic (exact) mass is 688 g/mol. The molecule has 0 bridgehead atoms. The van der Waals surface area contributed by atoms with Crippen LogP contribution in [0.1, 0.15) is 48.9 Å². The summed E-state index contributed by atoms with van der Waals surface area (Å²) in [6.45, 7) is 5.81. The second-order valence-electron chi connectivity index (χ2n) is 12.0. The SMILES string of the molecule is CCC(=NN(Cc1ccccc1)Cc1ccccc1)c1ccc(OC)cc1.CCC(=NN(c1ccccc1)c1ccccc1)c1ccc(OC)cc1. The van der Waals surface area contributed by atoms with Crippen LogP contribution in [0.5, 0.6) is 11.5 Å². The minimum Gasteiger partial charge on any atom is -0.497 e. The van der Waals surface area contributed by atoms with Crippen LogP contribution in [-0.4, -0.2) is 30.7 Å². The summed E-state index contributed by atoms with van der Waals surface area (Å²) in [5.74, 6) is 1.71. The van der Waals surface area contributed by atoms with E-state index < -0.39 is 0 Å². The first kappa shape index (κ1) is 37.1. The Morgan fingerprint density at radius 3 is 1.13 bits per heavy atom. The van der Waals surface area contributed by atoms with Gasteiger partial charge in [-0.25, -0.2) is 5.01 Å². The summed E-state index contributed by atoms with van der Waals surface area (Å²) in [7, 11) is 3.36. The van der Waals surface area contributed by atoms with Crippen molar-refractivity contribution in [3.8, 4) is 11.5 Å². The van der Waals surface area contributed by atoms with E-state index in [2.05, 4.69) is 116 Å². The number of hydrogen-bond donors (Lipinski definition) is 0. The Balaban J connectivity index is 0.000000202. The quantitative estimate of drug-likeness (QED) is 0.0844. The zero-order valence-corrected chi connectivity index (χ0v) is 30.6. The number of hydrazone groups is 2. The van der Waals surface area contributed by atoms with E-state index >= 15 is 0 Å². The molecule has 6 aromatic carbocycles. The minimum atomic E-state index is 0.773. The Morgan fingerprint density at radius 1 is 0.442 bits per heavy atom. The number of nitrogens with zero attached hydrogens (tertiary/aromatic N) is 4. The van der Waals surface area contributed by atoms with Crippen LogP contribution in [0.25, 0.3) is 0 Å². The Hall–Kier alpha value is -6.14. The largest absolute Gasteiger partial charge is 0.497 e. The molecule has 0 saturated heterocycles. The van der Waals surface area contributed by atoms with Gasteiger partial charge >= 0.3 is 0 Å². The average molecular weight is 689 g/mol. The first-order valence-corrected chi connectivity index (χ1v) is 17.8. The molecule has 6 nitrogen and oxygen atoms in total.